The molecule has 3 heteroatoms. The Bertz CT molecular complexity index is 128. The third-order valence-corrected chi connectivity index (χ3v) is 2.22. The molecular weight excluding hydrogens is 186 g/mol. The molecule has 0 aliphatic heterocycles. The first-order valence-electron chi connectivity index (χ1n) is 5.14. The number of halogens is 1. The first-order valence-corrected chi connectivity index (χ1v) is 5.67. The van der Waals surface area contributed by atoms with Gasteiger partial charge in [0.25, 0.3) is 0 Å². The number of nitrogens with one attached hydrogen (secondary N) is 1. The van der Waals surface area contributed by atoms with Crippen LogP contribution in [0.1, 0.15) is 45.4 Å². The van der Waals surface area contributed by atoms with E-state index in [0.29, 0.717) is 0 Å². The van der Waals surface area contributed by atoms with E-state index in [1.165, 1.54) is 32.1 Å². The summed E-state index contributed by atoms with van der Waals surface area (Å²) in [6, 6.07) is 0. The smallest absolute Gasteiger partial charge is 0.234 e. The molecule has 0 spiro atoms. The Labute approximate surface area is 86.0 Å². The Balaban J connectivity index is 2.95. The number of unbranched alkanes of at least 4 members (excludes halogenated alkanes) is 5. The van der Waals surface area contributed by atoms with Crippen molar-refractivity contribution in [2.45, 2.75) is 45.4 Å². The van der Waals surface area contributed by atoms with Gasteiger partial charge in [0.1, 0.15) is 5.88 Å². The number of alkyl halides is 1. The van der Waals surface area contributed by atoms with E-state index < -0.39 is 0 Å². The molecule has 1 amide bonds. The molecule has 0 saturated carbocycles. The molecule has 0 saturated heterocycles. The van der Waals surface area contributed by atoms with E-state index in [0.717, 1.165) is 13.0 Å². The summed E-state index contributed by atoms with van der Waals surface area (Å²) in [5.74, 6) is 0.0192. The van der Waals surface area contributed by atoms with Crippen molar-refractivity contribution in [2.24, 2.45) is 0 Å². The Morgan fingerprint density at radius 3 is 2.38 bits per heavy atom. The summed E-state index contributed by atoms with van der Waals surface area (Å²) >= 11 is 5.32. The van der Waals surface area contributed by atoms with Crippen molar-refractivity contribution >= 4 is 17.5 Å². The van der Waals surface area contributed by atoms with Gasteiger partial charge in [-0.3, -0.25) is 4.79 Å². The minimum atomic E-state index is -0.0600. The molecule has 13 heavy (non-hydrogen) atoms. The van der Waals surface area contributed by atoms with Crippen molar-refractivity contribution in [1.82, 2.24) is 5.32 Å². The third-order valence-electron chi connectivity index (χ3n) is 1.97. The molecule has 0 aromatic carbocycles. The molecular formula is C10H20ClNO. The highest BCUT2D eigenvalue weighted by atomic mass is 35.5. The van der Waals surface area contributed by atoms with Gasteiger partial charge in [-0.25, -0.2) is 0 Å². The van der Waals surface area contributed by atoms with Crippen molar-refractivity contribution in [3.63, 3.8) is 0 Å². The maximum atomic E-state index is 10.7. The molecule has 0 heterocycles. The second-order valence-corrected chi connectivity index (χ2v) is 3.52. The topological polar surface area (TPSA) is 29.1 Å². The zero-order valence-electron chi connectivity index (χ0n) is 8.44. The highest BCUT2D eigenvalue weighted by Gasteiger charge is 1.95. The van der Waals surface area contributed by atoms with E-state index in [9.17, 15) is 4.79 Å². The number of amides is 1. The van der Waals surface area contributed by atoms with Gasteiger partial charge in [-0.15, -0.1) is 11.6 Å². The van der Waals surface area contributed by atoms with Gasteiger partial charge in [0.05, 0.1) is 0 Å². The fourth-order valence-electron chi connectivity index (χ4n) is 1.18. The van der Waals surface area contributed by atoms with E-state index in [4.69, 9.17) is 11.6 Å². The molecule has 0 fully saturated rings. The first kappa shape index (κ1) is 12.8. The number of hydrogen-bond acceptors (Lipinski definition) is 1. The molecule has 0 radical (unpaired) electrons. The lowest BCUT2D eigenvalue weighted by Crippen LogP contribution is -2.25. The molecule has 1 N–H and O–H groups in total. The molecule has 0 bridgehead atoms. The number of carbonyl (C=O) groups is 1. The van der Waals surface area contributed by atoms with Crippen LogP contribution >= 0.6 is 11.6 Å². The van der Waals surface area contributed by atoms with Crippen LogP contribution in [0.15, 0.2) is 0 Å². The third kappa shape index (κ3) is 9.68. The van der Waals surface area contributed by atoms with Crippen molar-refractivity contribution in [3.05, 3.63) is 0 Å². The highest BCUT2D eigenvalue weighted by Crippen LogP contribution is 2.03. The van der Waals surface area contributed by atoms with Gasteiger partial charge >= 0.3 is 0 Å². The van der Waals surface area contributed by atoms with Crippen LogP contribution in [-0.4, -0.2) is 18.3 Å². The number of rotatable bonds is 8. The second-order valence-electron chi connectivity index (χ2n) is 3.25. The largest absolute Gasteiger partial charge is 0.355 e. The highest BCUT2D eigenvalue weighted by molar-refractivity contribution is 6.27. The van der Waals surface area contributed by atoms with Crippen LogP contribution in [0.4, 0.5) is 0 Å². The quantitative estimate of drug-likeness (QED) is 0.479. The molecule has 78 valence electrons. The van der Waals surface area contributed by atoms with Gasteiger partial charge in [0.15, 0.2) is 0 Å². The van der Waals surface area contributed by atoms with Crippen LogP contribution in [0.5, 0.6) is 0 Å². The Kier molecular flexibility index (Phi) is 9.66. The van der Waals surface area contributed by atoms with Crippen molar-refractivity contribution < 1.29 is 4.79 Å². The standard InChI is InChI=1S/C10H20ClNO/c1-2-3-4-5-6-7-8-12-10(13)9-11/h2-9H2,1H3,(H,12,13). The summed E-state index contributed by atoms with van der Waals surface area (Å²) in [7, 11) is 0. The van der Waals surface area contributed by atoms with E-state index >= 15 is 0 Å². The van der Waals surface area contributed by atoms with Gasteiger partial charge in [0.2, 0.25) is 5.91 Å². The fraction of sp³-hybridized carbons (Fsp3) is 0.900. The molecule has 0 aromatic rings. The minimum absolute atomic E-state index is 0.0600. The lowest BCUT2D eigenvalue weighted by molar-refractivity contribution is -0.118. The Morgan fingerprint density at radius 1 is 1.15 bits per heavy atom. The predicted molar refractivity (Wildman–Crippen MR) is 57.1 cm³/mol. The zero-order valence-corrected chi connectivity index (χ0v) is 9.20. The van der Waals surface area contributed by atoms with Gasteiger partial charge in [-0.2, -0.15) is 0 Å². The molecule has 2 nitrogen and oxygen atoms in total. The van der Waals surface area contributed by atoms with Crippen LogP contribution in [0.2, 0.25) is 0 Å². The van der Waals surface area contributed by atoms with Crippen molar-refractivity contribution in [2.75, 3.05) is 12.4 Å². The maximum Gasteiger partial charge on any atom is 0.234 e. The van der Waals surface area contributed by atoms with Crippen molar-refractivity contribution in [3.8, 4) is 0 Å². The van der Waals surface area contributed by atoms with Crippen LogP contribution in [0.25, 0.3) is 0 Å². The van der Waals surface area contributed by atoms with Crippen LogP contribution < -0.4 is 5.32 Å². The van der Waals surface area contributed by atoms with E-state index in [1.54, 1.807) is 0 Å². The fourth-order valence-corrected chi connectivity index (χ4v) is 1.27. The minimum Gasteiger partial charge on any atom is -0.355 e. The van der Waals surface area contributed by atoms with Gasteiger partial charge in [-0.1, -0.05) is 39.0 Å². The van der Waals surface area contributed by atoms with Crippen LogP contribution in [-0.2, 0) is 4.79 Å². The summed E-state index contributed by atoms with van der Waals surface area (Å²) in [4.78, 5) is 10.7. The average Bonchev–Trinajstić information content (AvgIpc) is 2.16. The summed E-state index contributed by atoms with van der Waals surface area (Å²) in [5.41, 5.74) is 0. The van der Waals surface area contributed by atoms with Crippen LogP contribution in [0.3, 0.4) is 0 Å². The van der Waals surface area contributed by atoms with Crippen LogP contribution in [0, 0.1) is 0 Å². The van der Waals surface area contributed by atoms with Gasteiger partial charge < -0.3 is 5.32 Å². The first-order chi connectivity index (χ1) is 6.31. The number of carbonyl (C=O) groups excluding carboxylic acids is 1. The summed E-state index contributed by atoms with van der Waals surface area (Å²) in [6.45, 7) is 2.98. The molecule has 0 rings (SSSR count). The molecule has 0 aromatic heterocycles. The summed E-state index contributed by atoms with van der Waals surface area (Å²) in [5, 5.41) is 2.75. The summed E-state index contributed by atoms with van der Waals surface area (Å²) < 4.78 is 0. The zero-order chi connectivity index (χ0) is 9.94. The lowest BCUT2D eigenvalue weighted by Gasteiger charge is -2.02. The van der Waals surface area contributed by atoms with Gasteiger partial charge in [-0.05, 0) is 6.42 Å². The molecule has 0 aliphatic rings. The van der Waals surface area contributed by atoms with Crippen molar-refractivity contribution in [1.29, 1.82) is 0 Å². The monoisotopic (exact) mass is 205 g/mol. The average molecular weight is 206 g/mol. The Morgan fingerprint density at radius 2 is 1.77 bits per heavy atom. The molecule has 0 unspecified atom stereocenters. The SMILES string of the molecule is CCCCCCCCNC(=O)CCl. The van der Waals surface area contributed by atoms with E-state index in [-0.39, 0.29) is 11.8 Å². The summed E-state index contributed by atoms with van der Waals surface area (Å²) in [6.07, 6.45) is 7.50. The molecule has 0 atom stereocenters. The predicted octanol–water partition coefficient (Wildman–Crippen LogP) is 2.70. The normalized spacial score (nSPS) is 10.0. The van der Waals surface area contributed by atoms with E-state index in [2.05, 4.69) is 12.2 Å². The van der Waals surface area contributed by atoms with E-state index in [1.807, 2.05) is 0 Å². The second kappa shape index (κ2) is 9.85. The van der Waals surface area contributed by atoms with Gasteiger partial charge in [0, 0.05) is 6.54 Å². The number of hydrogen-bond donors (Lipinski definition) is 1. The maximum absolute atomic E-state index is 10.7. The molecule has 0 aliphatic carbocycles. The lowest BCUT2D eigenvalue weighted by atomic mass is 10.1. The Hall–Kier alpha value is -0.240.